The molecule has 0 aliphatic carbocycles. The van der Waals surface area contributed by atoms with Gasteiger partial charge in [-0.15, -0.1) is 0 Å². The van der Waals surface area contributed by atoms with Gasteiger partial charge in [0.1, 0.15) is 0 Å². The van der Waals surface area contributed by atoms with E-state index < -0.39 is 0 Å². The molecule has 10 rings (SSSR count). The molecule has 0 fully saturated rings. The number of hydrogen-bond donors (Lipinski definition) is 0. The van der Waals surface area contributed by atoms with Gasteiger partial charge in [-0.25, -0.2) is 0 Å². The van der Waals surface area contributed by atoms with E-state index in [2.05, 4.69) is 217 Å². The Hall–Kier alpha value is -6.96. The largest absolute Gasteiger partial charge is 0.310 e. The van der Waals surface area contributed by atoms with Crippen LogP contribution in [0.25, 0.3) is 76.5 Å². The molecule has 0 aromatic heterocycles. The maximum Gasteiger partial charge on any atom is 0.0540 e. The first-order valence-electron chi connectivity index (χ1n) is 18.3. The number of benzene rings is 10. The number of fused-ring (bicyclic) bond motifs is 7. The molecule has 10 aromatic carbocycles. The van der Waals surface area contributed by atoms with Gasteiger partial charge in [0.15, 0.2) is 0 Å². The van der Waals surface area contributed by atoms with Crippen molar-refractivity contribution in [1.82, 2.24) is 0 Å². The molecule has 0 aliphatic heterocycles. The molecule has 0 heterocycles. The van der Waals surface area contributed by atoms with Crippen LogP contribution in [0, 0.1) is 0 Å². The Balaban J connectivity index is 1.29. The lowest BCUT2D eigenvalue weighted by Crippen LogP contribution is -2.10. The molecule has 0 saturated heterocycles. The second-order valence-corrected chi connectivity index (χ2v) is 13.6. The molecule has 0 N–H and O–H groups in total. The van der Waals surface area contributed by atoms with E-state index in [0.717, 1.165) is 17.1 Å². The fourth-order valence-electron chi connectivity index (χ4n) is 8.28. The Kier molecular flexibility index (Phi) is 7.55. The number of hydrogen-bond acceptors (Lipinski definition) is 1. The van der Waals surface area contributed by atoms with Gasteiger partial charge in [0.25, 0.3) is 0 Å². The topological polar surface area (TPSA) is 3.24 Å². The smallest absolute Gasteiger partial charge is 0.0540 e. The summed E-state index contributed by atoms with van der Waals surface area (Å²) in [6.07, 6.45) is 0. The number of para-hydroxylation sites is 1. The Morgan fingerprint density at radius 3 is 1.40 bits per heavy atom. The summed E-state index contributed by atoms with van der Waals surface area (Å²) in [5.74, 6) is 0. The number of nitrogens with zero attached hydrogens (tertiary/aromatic N) is 1. The quantitative estimate of drug-likeness (QED) is 0.159. The summed E-state index contributed by atoms with van der Waals surface area (Å²) in [6.45, 7) is 0. The summed E-state index contributed by atoms with van der Waals surface area (Å²) in [7, 11) is 0. The van der Waals surface area contributed by atoms with E-state index in [1.165, 1.54) is 76.5 Å². The van der Waals surface area contributed by atoms with Crippen LogP contribution in [0.4, 0.5) is 17.1 Å². The summed E-state index contributed by atoms with van der Waals surface area (Å²) in [6, 6.07) is 77.2. The highest BCUT2D eigenvalue weighted by Gasteiger charge is 2.22. The van der Waals surface area contributed by atoms with Gasteiger partial charge in [0.2, 0.25) is 0 Å². The highest BCUT2D eigenvalue weighted by molar-refractivity contribution is 6.33. The third kappa shape index (κ3) is 5.25. The Bertz CT molecular complexity index is 2910. The molecule has 10 aromatic rings. The lowest BCUT2D eigenvalue weighted by Gasteiger charge is -2.27. The van der Waals surface area contributed by atoms with Gasteiger partial charge >= 0.3 is 0 Å². The molecule has 0 aliphatic rings. The van der Waals surface area contributed by atoms with Crippen molar-refractivity contribution >= 4 is 60.2 Å². The van der Waals surface area contributed by atoms with Crippen molar-refractivity contribution in [2.45, 2.75) is 0 Å². The highest BCUT2D eigenvalue weighted by Crippen LogP contribution is 2.49. The van der Waals surface area contributed by atoms with Gasteiger partial charge in [0, 0.05) is 16.8 Å². The maximum absolute atomic E-state index is 2.43. The summed E-state index contributed by atoms with van der Waals surface area (Å²) in [5, 5.41) is 10.1. The van der Waals surface area contributed by atoms with E-state index in [-0.39, 0.29) is 0 Å². The van der Waals surface area contributed by atoms with Gasteiger partial charge in [-0.3, -0.25) is 0 Å². The molecule has 1 heteroatoms. The Morgan fingerprint density at radius 1 is 0.283 bits per heavy atom. The molecule has 53 heavy (non-hydrogen) atoms. The molecule has 0 atom stereocenters. The van der Waals surface area contributed by atoms with E-state index in [1.54, 1.807) is 0 Å². The van der Waals surface area contributed by atoms with Crippen molar-refractivity contribution in [3.05, 3.63) is 212 Å². The van der Waals surface area contributed by atoms with Gasteiger partial charge < -0.3 is 4.90 Å². The van der Waals surface area contributed by atoms with Crippen molar-refractivity contribution in [2.75, 3.05) is 4.90 Å². The molecule has 248 valence electrons. The van der Waals surface area contributed by atoms with E-state index in [9.17, 15) is 0 Å². The van der Waals surface area contributed by atoms with Crippen molar-refractivity contribution in [1.29, 1.82) is 0 Å². The summed E-state index contributed by atoms with van der Waals surface area (Å²) >= 11 is 0. The van der Waals surface area contributed by atoms with Gasteiger partial charge in [-0.1, -0.05) is 176 Å². The van der Waals surface area contributed by atoms with Crippen molar-refractivity contribution in [3.63, 3.8) is 0 Å². The summed E-state index contributed by atoms with van der Waals surface area (Å²) < 4.78 is 0. The second kappa shape index (κ2) is 13.0. The molecule has 1 nitrogen and oxygen atoms in total. The van der Waals surface area contributed by atoms with Crippen LogP contribution in [0.15, 0.2) is 212 Å². The number of rotatable bonds is 6. The predicted molar refractivity (Wildman–Crippen MR) is 227 cm³/mol. The van der Waals surface area contributed by atoms with Gasteiger partial charge in [0.05, 0.1) is 5.69 Å². The molecule has 0 spiro atoms. The highest BCUT2D eigenvalue weighted by atomic mass is 15.1. The average molecular weight is 674 g/mol. The number of anilines is 3. The SMILES string of the molecule is c1ccc(-c2cc(-c3ccccc3)c3c4ccccc4c4ccccc4c3c2-c2ccc(N(c3ccccc3)c3cccc4ccccc34)cc2)cc1. The molecule has 0 saturated carbocycles. The molecular formula is C52H35N. The second-order valence-electron chi connectivity index (χ2n) is 13.6. The normalized spacial score (nSPS) is 11.4. The minimum atomic E-state index is 1.11. The van der Waals surface area contributed by atoms with Crippen LogP contribution in [-0.4, -0.2) is 0 Å². The van der Waals surface area contributed by atoms with E-state index in [0.29, 0.717) is 0 Å². The third-order valence-corrected chi connectivity index (χ3v) is 10.6. The van der Waals surface area contributed by atoms with E-state index in [1.807, 2.05) is 0 Å². The van der Waals surface area contributed by atoms with Crippen LogP contribution in [0.5, 0.6) is 0 Å². The zero-order valence-corrected chi connectivity index (χ0v) is 29.2. The zero-order chi connectivity index (χ0) is 35.1. The lowest BCUT2D eigenvalue weighted by atomic mass is 9.81. The maximum atomic E-state index is 2.43. The lowest BCUT2D eigenvalue weighted by molar-refractivity contribution is 1.30. The first-order chi connectivity index (χ1) is 26.3. The van der Waals surface area contributed by atoms with Crippen molar-refractivity contribution in [3.8, 4) is 33.4 Å². The minimum Gasteiger partial charge on any atom is -0.310 e. The fourth-order valence-corrected chi connectivity index (χ4v) is 8.28. The molecular weight excluding hydrogens is 639 g/mol. The molecule has 0 unspecified atom stereocenters. The fraction of sp³-hybridized carbons (Fsp3) is 0. The predicted octanol–water partition coefficient (Wildman–Crippen LogP) is 14.8. The van der Waals surface area contributed by atoms with Crippen molar-refractivity contribution < 1.29 is 0 Å². The zero-order valence-electron chi connectivity index (χ0n) is 29.2. The van der Waals surface area contributed by atoms with Crippen LogP contribution in [-0.2, 0) is 0 Å². The van der Waals surface area contributed by atoms with Crippen LogP contribution < -0.4 is 4.90 Å². The average Bonchev–Trinajstić information content (AvgIpc) is 3.24. The third-order valence-electron chi connectivity index (χ3n) is 10.6. The Morgan fingerprint density at radius 2 is 0.755 bits per heavy atom. The monoisotopic (exact) mass is 673 g/mol. The first-order valence-corrected chi connectivity index (χ1v) is 18.3. The van der Waals surface area contributed by atoms with Gasteiger partial charge in [-0.2, -0.15) is 0 Å². The van der Waals surface area contributed by atoms with Gasteiger partial charge in [-0.05, 0) is 107 Å². The van der Waals surface area contributed by atoms with Crippen LogP contribution in [0.3, 0.4) is 0 Å². The van der Waals surface area contributed by atoms with E-state index >= 15 is 0 Å². The molecule has 0 amide bonds. The Labute approximate surface area is 309 Å². The van der Waals surface area contributed by atoms with Crippen LogP contribution in [0.1, 0.15) is 0 Å². The minimum absolute atomic E-state index is 1.11. The molecule has 0 radical (unpaired) electrons. The first kappa shape index (κ1) is 30.8. The van der Waals surface area contributed by atoms with E-state index in [4.69, 9.17) is 0 Å². The summed E-state index contributed by atoms with van der Waals surface area (Å²) in [4.78, 5) is 2.38. The van der Waals surface area contributed by atoms with Crippen LogP contribution in [0.2, 0.25) is 0 Å². The standard InChI is InChI=1S/C52H35N/c1-4-17-37(18-5-1)47-35-48(38-19-6-2-7-20-38)51-45-28-14-12-26-43(45)44-27-13-15-29-46(44)52(51)50(47)39-31-33-41(34-32-39)53(40-23-8-3-9-24-40)49-30-16-22-36-21-10-11-25-42(36)49/h1-35H. The summed E-state index contributed by atoms with van der Waals surface area (Å²) in [5.41, 5.74) is 10.7. The van der Waals surface area contributed by atoms with Crippen LogP contribution >= 0.6 is 0 Å². The van der Waals surface area contributed by atoms with Crippen molar-refractivity contribution in [2.24, 2.45) is 0 Å². The molecule has 0 bridgehead atoms.